The first-order chi connectivity index (χ1) is 25.6. The standard InChI is InChI=1S/C31H62O2.C17H34.CH2O/c1-4-6-8-10-12-14-16-18-20-25-32-28-31(3,27-30-23-22-24-30)29-33-26-21-19-17-15-13-11-9-7-5-2;1-3-5-7-9-11-13-15-17-16-14-12-10-8-6-4-2;1-2/h30H,4-29H2,1-3H3;9,11H,3-8,10,12-17H2,1-2H3;1H2/b;11-9-;. The number of hydrogen-bond acceptors (Lipinski definition) is 3. The smallest absolute Gasteiger partial charge is 0.106 e. The van der Waals surface area contributed by atoms with Gasteiger partial charge < -0.3 is 14.3 Å². The molecule has 0 unspecified atom stereocenters. The largest absolute Gasteiger partial charge is 0.381 e. The van der Waals surface area contributed by atoms with Crippen molar-refractivity contribution < 1.29 is 14.3 Å². The van der Waals surface area contributed by atoms with E-state index in [9.17, 15) is 0 Å². The molecule has 0 amide bonds. The van der Waals surface area contributed by atoms with Gasteiger partial charge in [0.1, 0.15) is 6.79 Å². The lowest BCUT2D eigenvalue weighted by atomic mass is 9.73. The highest BCUT2D eigenvalue weighted by Crippen LogP contribution is 2.38. The third-order valence-corrected chi connectivity index (χ3v) is 11.1. The van der Waals surface area contributed by atoms with E-state index in [-0.39, 0.29) is 5.41 Å². The van der Waals surface area contributed by atoms with Crippen LogP contribution in [0.25, 0.3) is 0 Å². The zero-order valence-electron chi connectivity index (χ0n) is 36.7. The van der Waals surface area contributed by atoms with Gasteiger partial charge >= 0.3 is 0 Å². The number of hydrogen-bond donors (Lipinski definition) is 0. The molecule has 3 nitrogen and oxygen atoms in total. The summed E-state index contributed by atoms with van der Waals surface area (Å²) < 4.78 is 12.4. The fourth-order valence-corrected chi connectivity index (χ4v) is 7.35. The zero-order chi connectivity index (χ0) is 38.5. The Labute approximate surface area is 329 Å². The van der Waals surface area contributed by atoms with E-state index in [2.05, 4.69) is 46.8 Å². The van der Waals surface area contributed by atoms with Crippen molar-refractivity contribution in [2.24, 2.45) is 11.3 Å². The van der Waals surface area contributed by atoms with Gasteiger partial charge in [0, 0.05) is 18.6 Å². The van der Waals surface area contributed by atoms with Crippen molar-refractivity contribution in [3.05, 3.63) is 12.2 Å². The molecule has 1 fully saturated rings. The van der Waals surface area contributed by atoms with Gasteiger partial charge in [0.25, 0.3) is 0 Å². The van der Waals surface area contributed by atoms with Crippen molar-refractivity contribution >= 4 is 6.79 Å². The van der Waals surface area contributed by atoms with E-state index in [1.807, 2.05) is 6.79 Å². The highest BCUT2D eigenvalue weighted by molar-refractivity contribution is 5.11. The number of rotatable bonds is 39. The third kappa shape index (κ3) is 42.1. The van der Waals surface area contributed by atoms with E-state index in [0.717, 1.165) is 32.3 Å². The van der Waals surface area contributed by atoms with Crippen molar-refractivity contribution in [3.63, 3.8) is 0 Å². The summed E-state index contributed by atoms with van der Waals surface area (Å²) in [6.07, 6.45) is 53.4. The molecular formula is C49H98O3. The van der Waals surface area contributed by atoms with Crippen LogP contribution < -0.4 is 0 Å². The van der Waals surface area contributed by atoms with Crippen molar-refractivity contribution in [1.82, 2.24) is 0 Å². The maximum absolute atomic E-state index is 8.00. The maximum Gasteiger partial charge on any atom is 0.106 e. The molecule has 1 aliphatic carbocycles. The fraction of sp³-hybridized carbons (Fsp3) is 0.939. The third-order valence-electron chi connectivity index (χ3n) is 11.1. The molecule has 0 N–H and O–H groups in total. The van der Waals surface area contributed by atoms with Crippen LogP contribution in [0, 0.1) is 11.3 Å². The Morgan fingerprint density at radius 2 is 0.769 bits per heavy atom. The Hall–Kier alpha value is -0.670. The summed E-state index contributed by atoms with van der Waals surface area (Å²) in [7, 11) is 0. The van der Waals surface area contributed by atoms with Gasteiger partial charge in [-0.2, -0.15) is 0 Å². The summed E-state index contributed by atoms with van der Waals surface area (Å²) in [5, 5.41) is 0. The van der Waals surface area contributed by atoms with Crippen LogP contribution >= 0.6 is 0 Å². The van der Waals surface area contributed by atoms with Crippen LogP contribution in [0.1, 0.15) is 259 Å². The van der Waals surface area contributed by atoms with Crippen LogP contribution in [0.3, 0.4) is 0 Å². The summed E-state index contributed by atoms with van der Waals surface area (Å²) in [6.45, 7) is 17.2. The monoisotopic (exact) mass is 735 g/mol. The van der Waals surface area contributed by atoms with Gasteiger partial charge in [-0.05, 0) is 44.4 Å². The minimum Gasteiger partial charge on any atom is -0.381 e. The van der Waals surface area contributed by atoms with Crippen LogP contribution in [0.5, 0.6) is 0 Å². The minimum atomic E-state index is 0.212. The summed E-state index contributed by atoms with van der Waals surface area (Å²) in [5.74, 6) is 0.919. The van der Waals surface area contributed by atoms with E-state index < -0.39 is 0 Å². The Morgan fingerprint density at radius 3 is 1.10 bits per heavy atom. The van der Waals surface area contributed by atoms with Crippen molar-refractivity contribution in [3.8, 4) is 0 Å². The molecule has 0 radical (unpaired) electrons. The predicted octanol–water partition coefficient (Wildman–Crippen LogP) is 16.7. The molecule has 0 saturated heterocycles. The summed E-state index contributed by atoms with van der Waals surface area (Å²) >= 11 is 0. The summed E-state index contributed by atoms with van der Waals surface area (Å²) in [4.78, 5) is 8.00. The second-order valence-electron chi connectivity index (χ2n) is 16.8. The molecule has 0 aliphatic heterocycles. The normalized spacial score (nSPS) is 13.1. The average molecular weight is 735 g/mol. The summed E-state index contributed by atoms with van der Waals surface area (Å²) in [6, 6.07) is 0. The first-order valence-electron chi connectivity index (χ1n) is 23.7. The van der Waals surface area contributed by atoms with Crippen molar-refractivity contribution in [2.45, 2.75) is 259 Å². The zero-order valence-corrected chi connectivity index (χ0v) is 36.7. The molecule has 1 aliphatic rings. The van der Waals surface area contributed by atoms with E-state index in [0.29, 0.717) is 0 Å². The number of ether oxygens (including phenoxy) is 2. The molecule has 0 aromatic carbocycles. The van der Waals surface area contributed by atoms with Crippen LogP contribution in [-0.2, 0) is 14.3 Å². The lowest BCUT2D eigenvalue weighted by molar-refractivity contribution is -0.0980. The molecule has 312 valence electrons. The second kappa shape index (κ2) is 46.5. The van der Waals surface area contributed by atoms with Gasteiger partial charge in [0.15, 0.2) is 0 Å². The minimum absolute atomic E-state index is 0.212. The molecule has 0 aromatic rings. The van der Waals surface area contributed by atoms with Crippen LogP contribution in [0.15, 0.2) is 12.2 Å². The Bertz CT molecular complexity index is 631. The van der Waals surface area contributed by atoms with Gasteiger partial charge in [-0.3, -0.25) is 0 Å². The molecule has 52 heavy (non-hydrogen) atoms. The number of carbonyl (C=O) groups is 1. The average Bonchev–Trinajstić information content (AvgIpc) is 3.14. The Kier molecular flexibility index (Phi) is 47.8. The van der Waals surface area contributed by atoms with Gasteiger partial charge in [0.05, 0.1) is 13.2 Å². The van der Waals surface area contributed by atoms with Crippen LogP contribution in [-0.4, -0.2) is 33.2 Å². The molecule has 0 aromatic heterocycles. The fourth-order valence-electron chi connectivity index (χ4n) is 7.35. The molecular weight excluding hydrogens is 637 g/mol. The predicted molar refractivity (Wildman–Crippen MR) is 234 cm³/mol. The molecule has 0 bridgehead atoms. The Balaban J connectivity index is 0. The maximum atomic E-state index is 8.00. The molecule has 0 spiro atoms. The van der Waals surface area contributed by atoms with Gasteiger partial charge in [-0.1, -0.05) is 233 Å². The lowest BCUT2D eigenvalue weighted by Gasteiger charge is -2.36. The number of allylic oxidation sites excluding steroid dienone is 2. The molecule has 1 saturated carbocycles. The van der Waals surface area contributed by atoms with Crippen LogP contribution in [0.2, 0.25) is 0 Å². The van der Waals surface area contributed by atoms with E-state index in [1.54, 1.807) is 0 Å². The summed E-state index contributed by atoms with van der Waals surface area (Å²) in [5.41, 5.74) is 0.212. The number of unbranched alkanes of at least 4 members (excludes halogenated alkanes) is 27. The highest BCUT2D eigenvalue weighted by atomic mass is 16.5. The molecule has 3 heteroatoms. The first kappa shape index (κ1) is 53.4. The SMILES string of the molecule is C=O.CCCC/C=C\CCCCCCCCCCC.CCCCCCCCCCCOCC(C)(COCCCCCCCCCCC)CC1CCC1. The van der Waals surface area contributed by atoms with E-state index in [1.165, 1.54) is 225 Å². The van der Waals surface area contributed by atoms with Crippen molar-refractivity contribution in [2.75, 3.05) is 26.4 Å². The van der Waals surface area contributed by atoms with Crippen LogP contribution in [0.4, 0.5) is 0 Å². The molecule has 0 heterocycles. The molecule has 1 rings (SSSR count). The van der Waals surface area contributed by atoms with E-state index in [4.69, 9.17) is 14.3 Å². The Morgan fingerprint density at radius 1 is 0.462 bits per heavy atom. The lowest BCUT2D eigenvalue weighted by Crippen LogP contribution is -2.33. The van der Waals surface area contributed by atoms with Crippen molar-refractivity contribution in [1.29, 1.82) is 0 Å². The van der Waals surface area contributed by atoms with Gasteiger partial charge in [0.2, 0.25) is 0 Å². The molecule has 0 atom stereocenters. The second-order valence-corrected chi connectivity index (χ2v) is 16.8. The topological polar surface area (TPSA) is 35.5 Å². The first-order valence-corrected chi connectivity index (χ1v) is 23.7. The quantitative estimate of drug-likeness (QED) is 0.0466. The van der Waals surface area contributed by atoms with Gasteiger partial charge in [-0.15, -0.1) is 0 Å². The van der Waals surface area contributed by atoms with Gasteiger partial charge in [-0.25, -0.2) is 0 Å². The highest BCUT2D eigenvalue weighted by Gasteiger charge is 2.31. The van der Waals surface area contributed by atoms with E-state index >= 15 is 0 Å². The number of carbonyl (C=O) groups excluding carboxylic acids is 1.